The fourth-order valence-electron chi connectivity index (χ4n) is 2.98. The Morgan fingerprint density at radius 1 is 1.38 bits per heavy atom. The molecule has 0 radical (unpaired) electrons. The minimum absolute atomic E-state index is 0.0799. The lowest BCUT2D eigenvalue weighted by atomic mass is 10.0. The van der Waals surface area contributed by atoms with Crippen molar-refractivity contribution in [3.05, 3.63) is 34.3 Å². The molecule has 0 heterocycles. The van der Waals surface area contributed by atoms with Gasteiger partial charge in [-0.25, -0.2) is 8.42 Å². The van der Waals surface area contributed by atoms with Gasteiger partial charge in [0.2, 0.25) is 0 Å². The van der Waals surface area contributed by atoms with Crippen LogP contribution in [-0.2, 0) is 19.4 Å². The van der Waals surface area contributed by atoms with E-state index in [1.165, 1.54) is 14.0 Å². The molecule has 116 valence electrons. The van der Waals surface area contributed by atoms with E-state index in [9.17, 15) is 18.3 Å². The van der Waals surface area contributed by atoms with Crippen molar-refractivity contribution in [2.75, 3.05) is 19.5 Å². The standard InChI is InChI=1S/C14H17BrO5S/c1-3-21(18,19)12-11(9-4-6-10(15)7-5-9)14(12,8-20-2)13(16)17/h4-7,11-12H,3,8H2,1-2H3,(H,16,17)/t11-,12+,14+/m0/s1. The molecule has 1 aliphatic carbocycles. The van der Waals surface area contributed by atoms with Crippen LogP contribution in [0, 0.1) is 5.41 Å². The largest absolute Gasteiger partial charge is 0.481 e. The van der Waals surface area contributed by atoms with Crippen LogP contribution in [0.4, 0.5) is 0 Å². The molecule has 0 spiro atoms. The minimum Gasteiger partial charge on any atom is -0.481 e. The monoisotopic (exact) mass is 376 g/mol. The average Bonchev–Trinajstić information content (AvgIpc) is 3.11. The first-order valence-corrected chi connectivity index (χ1v) is 9.01. The Labute approximate surface area is 132 Å². The SMILES string of the molecule is CCS(=O)(=O)[C@@H]1[C@H](c2ccc(Br)cc2)[C@@]1(COC)C(=O)O. The van der Waals surface area contributed by atoms with Gasteiger partial charge in [-0.15, -0.1) is 0 Å². The third kappa shape index (κ3) is 2.62. The number of sulfone groups is 1. The lowest BCUT2D eigenvalue weighted by Crippen LogP contribution is -2.29. The molecule has 0 bridgehead atoms. The lowest BCUT2D eigenvalue weighted by Gasteiger charge is -2.11. The Bertz CT molecular complexity index is 640. The molecule has 0 amide bonds. The summed E-state index contributed by atoms with van der Waals surface area (Å²) in [6, 6.07) is 7.08. The van der Waals surface area contributed by atoms with Gasteiger partial charge in [0.25, 0.3) is 0 Å². The first kappa shape index (κ1) is 16.5. The molecule has 1 N–H and O–H groups in total. The highest BCUT2D eigenvalue weighted by atomic mass is 79.9. The zero-order valence-corrected chi connectivity index (χ0v) is 14.1. The Kier molecular flexibility index (Phi) is 4.46. The average molecular weight is 377 g/mol. The van der Waals surface area contributed by atoms with E-state index in [2.05, 4.69) is 15.9 Å². The summed E-state index contributed by atoms with van der Waals surface area (Å²) in [6.45, 7) is 1.42. The molecule has 5 nitrogen and oxygen atoms in total. The Balaban J connectivity index is 2.51. The Morgan fingerprint density at radius 2 is 1.95 bits per heavy atom. The molecule has 0 aliphatic heterocycles. The first-order chi connectivity index (χ1) is 9.81. The quantitative estimate of drug-likeness (QED) is 0.821. The molecule has 1 aromatic carbocycles. The van der Waals surface area contributed by atoms with E-state index in [0.717, 1.165) is 4.47 Å². The van der Waals surface area contributed by atoms with E-state index in [4.69, 9.17) is 4.74 Å². The summed E-state index contributed by atoms with van der Waals surface area (Å²) in [5, 5.41) is 8.66. The highest BCUT2D eigenvalue weighted by molar-refractivity contribution is 9.10. The summed E-state index contributed by atoms with van der Waals surface area (Å²) < 4.78 is 30.4. The van der Waals surface area contributed by atoms with Crippen LogP contribution in [0.5, 0.6) is 0 Å². The topological polar surface area (TPSA) is 80.7 Å². The number of aliphatic carboxylic acids is 1. The van der Waals surface area contributed by atoms with Crippen molar-refractivity contribution in [3.8, 4) is 0 Å². The van der Waals surface area contributed by atoms with Crippen LogP contribution in [0.3, 0.4) is 0 Å². The van der Waals surface area contributed by atoms with Crippen molar-refractivity contribution >= 4 is 31.7 Å². The van der Waals surface area contributed by atoms with Crippen LogP contribution in [0.25, 0.3) is 0 Å². The smallest absolute Gasteiger partial charge is 0.314 e. The second-order valence-corrected chi connectivity index (χ2v) is 8.51. The molecule has 3 atom stereocenters. The molecule has 7 heteroatoms. The molecular formula is C14H17BrO5S. The van der Waals surface area contributed by atoms with Gasteiger partial charge in [0.1, 0.15) is 5.41 Å². The fraction of sp³-hybridized carbons (Fsp3) is 0.500. The maximum Gasteiger partial charge on any atom is 0.314 e. The van der Waals surface area contributed by atoms with Crippen LogP contribution in [0.15, 0.2) is 28.7 Å². The van der Waals surface area contributed by atoms with E-state index in [0.29, 0.717) is 5.56 Å². The normalized spacial score (nSPS) is 28.3. The second kappa shape index (κ2) is 5.70. The first-order valence-electron chi connectivity index (χ1n) is 6.50. The van der Waals surface area contributed by atoms with Crippen LogP contribution < -0.4 is 0 Å². The zero-order valence-electron chi connectivity index (χ0n) is 11.7. The predicted octanol–water partition coefficient (Wildman–Crippen LogP) is 2.07. The van der Waals surface area contributed by atoms with Crippen molar-refractivity contribution in [3.63, 3.8) is 0 Å². The number of rotatable bonds is 6. The Hall–Kier alpha value is -0.920. The van der Waals surface area contributed by atoms with Gasteiger partial charge in [0, 0.05) is 23.3 Å². The molecule has 21 heavy (non-hydrogen) atoms. The summed E-state index contributed by atoms with van der Waals surface area (Å²) in [6.07, 6.45) is 0. The molecular weight excluding hydrogens is 360 g/mol. The van der Waals surface area contributed by atoms with Crippen molar-refractivity contribution in [1.29, 1.82) is 0 Å². The second-order valence-electron chi connectivity index (χ2n) is 5.18. The van der Waals surface area contributed by atoms with Gasteiger partial charge >= 0.3 is 5.97 Å². The van der Waals surface area contributed by atoms with Crippen LogP contribution in [-0.4, -0.2) is 44.2 Å². The minimum atomic E-state index is -3.48. The van der Waals surface area contributed by atoms with E-state index >= 15 is 0 Å². The third-order valence-electron chi connectivity index (χ3n) is 4.06. The number of methoxy groups -OCH3 is 1. The third-order valence-corrected chi connectivity index (χ3v) is 6.86. The number of halogens is 1. The van der Waals surface area contributed by atoms with E-state index in [-0.39, 0.29) is 12.4 Å². The fourth-order valence-corrected chi connectivity index (χ4v) is 5.30. The van der Waals surface area contributed by atoms with Crippen molar-refractivity contribution in [2.45, 2.75) is 18.1 Å². The molecule has 0 unspecified atom stereocenters. The molecule has 1 aromatic rings. The van der Waals surface area contributed by atoms with E-state index in [1.807, 2.05) is 0 Å². The highest BCUT2D eigenvalue weighted by Gasteiger charge is 2.75. The van der Waals surface area contributed by atoms with Crippen LogP contribution >= 0.6 is 15.9 Å². The summed E-state index contributed by atoms with van der Waals surface area (Å²) >= 11 is 3.31. The van der Waals surface area contributed by atoms with Gasteiger partial charge in [-0.3, -0.25) is 4.79 Å². The number of carboxylic acids is 1. The van der Waals surface area contributed by atoms with Gasteiger partial charge in [-0.2, -0.15) is 0 Å². The number of hydrogen-bond donors (Lipinski definition) is 1. The number of hydrogen-bond acceptors (Lipinski definition) is 4. The van der Waals surface area contributed by atoms with Crippen molar-refractivity contribution in [2.24, 2.45) is 5.41 Å². The van der Waals surface area contributed by atoms with Crippen LogP contribution in [0.1, 0.15) is 18.4 Å². The number of carbonyl (C=O) groups is 1. The molecule has 1 fully saturated rings. The van der Waals surface area contributed by atoms with Crippen molar-refractivity contribution < 1.29 is 23.1 Å². The molecule has 1 saturated carbocycles. The van der Waals surface area contributed by atoms with Gasteiger partial charge < -0.3 is 9.84 Å². The zero-order chi connectivity index (χ0) is 15.8. The molecule has 2 rings (SSSR count). The molecule has 1 aliphatic rings. The molecule has 0 aromatic heterocycles. The highest BCUT2D eigenvalue weighted by Crippen LogP contribution is 2.63. The summed E-state index contributed by atoms with van der Waals surface area (Å²) in [7, 11) is -2.09. The lowest BCUT2D eigenvalue weighted by molar-refractivity contribution is -0.145. The van der Waals surface area contributed by atoms with Gasteiger partial charge in [0.15, 0.2) is 9.84 Å². The van der Waals surface area contributed by atoms with E-state index in [1.54, 1.807) is 24.3 Å². The van der Waals surface area contributed by atoms with Gasteiger partial charge in [-0.1, -0.05) is 35.0 Å². The maximum atomic E-state index is 12.3. The van der Waals surface area contributed by atoms with Gasteiger partial charge in [0.05, 0.1) is 11.9 Å². The maximum absolute atomic E-state index is 12.3. The Morgan fingerprint density at radius 3 is 2.38 bits per heavy atom. The summed E-state index contributed by atoms with van der Waals surface area (Å²) in [5.41, 5.74) is -0.683. The number of benzene rings is 1. The number of carboxylic acid groups (broad SMARTS) is 1. The van der Waals surface area contributed by atoms with E-state index < -0.39 is 32.4 Å². The molecule has 0 saturated heterocycles. The van der Waals surface area contributed by atoms with Gasteiger partial charge in [-0.05, 0) is 17.7 Å². The predicted molar refractivity (Wildman–Crippen MR) is 82.1 cm³/mol. The van der Waals surface area contributed by atoms with Crippen molar-refractivity contribution in [1.82, 2.24) is 0 Å². The number of ether oxygens (including phenoxy) is 1. The summed E-state index contributed by atoms with van der Waals surface area (Å²) in [4.78, 5) is 11.7. The summed E-state index contributed by atoms with van der Waals surface area (Å²) in [5.74, 6) is -1.78. The van der Waals surface area contributed by atoms with Crippen LogP contribution in [0.2, 0.25) is 0 Å².